The number of carbonyl (C=O) groups excluding carboxylic acids is 1. The highest BCUT2D eigenvalue weighted by atomic mass is 16.5. The van der Waals surface area contributed by atoms with E-state index in [0.29, 0.717) is 23.5 Å². The van der Waals surface area contributed by atoms with Gasteiger partial charge in [0.05, 0.1) is 36.3 Å². The first-order valence-corrected chi connectivity index (χ1v) is 6.62. The number of anilines is 3. The Kier molecular flexibility index (Phi) is 4.66. The number of carbonyl (C=O) groups is 1. The van der Waals surface area contributed by atoms with Crippen LogP contribution in [-0.2, 0) is 4.74 Å². The molecule has 0 atom stereocenters. The van der Waals surface area contributed by atoms with E-state index in [9.17, 15) is 4.79 Å². The molecule has 0 saturated carbocycles. The summed E-state index contributed by atoms with van der Waals surface area (Å²) in [7, 11) is 1.34. The first-order valence-electron chi connectivity index (χ1n) is 6.62. The van der Waals surface area contributed by atoms with E-state index in [2.05, 4.69) is 5.32 Å². The van der Waals surface area contributed by atoms with Crippen molar-refractivity contribution in [1.29, 1.82) is 0 Å². The van der Waals surface area contributed by atoms with Crippen LogP contribution in [0.4, 0.5) is 17.1 Å². The number of nitrogens with two attached hydrogens (primary N) is 1. The highest BCUT2D eigenvalue weighted by Gasteiger charge is 2.10. The summed E-state index contributed by atoms with van der Waals surface area (Å²) >= 11 is 0. The minimum Gasteiger partial charge on any atom is -0.492 e. The second-order valence-electron chi connectivity index (χ2n) is 4.35. The maximum atomic E-state index is 11.6. The number of hydrogen-bond acceptors (Lipinski definition) is 5. The van der Waals surface area contributed by atoms with E-state index in [0.717, 1.165) is 11.4 Å². The molecule has 21 heavy (non-hydrogen) atoms. The molecule has 0 radical (unpaired) electrons. The Bertz CT molecular complexity index is 641. The third-order valence-electron chi connectivity index (χ3n) is 2.93. The lowest BCUT2D eigenvalue weighted by atomic mass is 10.1. The van der Waals surface area contributed by atoms with Crippen LogP contribution in [0.15, 0.2) is 42.5 Å². The van der Waals surface area contributed by atoms with Crippen LogP contribution in [-0.4, -0.2) is 19.7 Å². The molecule has 0 heterocycles. The summed E-state index contributed by atoms with van der Waals surface area (Å²) in [5.74, 6) is 0.319. The molecule has 0 unspecified atom stereocenters. The molecule has 0 saturated heterocycles. The molecule has 0 bridgehead atoms. The Hall–Kier alpha value is -2.69. The zero-order chi connectivity index (χ0) is 15.2. The van der Waals surface area contributed by atoms with Crippen molar-refractivity contribution >= 4 is 23.0 Å². The third kappa shape index (κ3) is 3.45. The van der Waals surface area contributed by atoms with Gasteiger partial charge in [-0.1, -0.05) is 12.1 Å². The molecule has 0 aliphatic heterocycles. The lowest BCUT2D eigenvalue weighted by Crippen LogP contribution is -2.04. The Labute approximate surface area is 123 Å². The zero-order valence-corrected chi connectivity index (χ0v) is 12.1. The SMILES string of the molecule is CCOc1ccccc1Nc1cc(C(=O)OC)ccc1N. The van der Waals surface area contributed by atoms with Gasteiger partial charge in [0.1, 0.15) is 5.75 Å². The van der Waals surface area contributed by atoms with E-state index in [4.69, 9.17) is 15.2 Å². The summed E-state index contributed by atoms with van der Waals surface area (Å²) < 4.78 is 10.3. The van der Waals surface area contributed by atoms with Crippen molar-refractivity contribution < 1.29 is 14.3 Å². The Balaban J connectivity index is 2.33. The first kappa shape index (κ1) is 14.7. The summed E-state index contributed by atoms with van der Waals surface area (Å²) in [4.78, 5) is 11.6. The molecule has 0 aromatic heterocycles. The lowest BCUT2D eigenvalue weighted by molar-refractivity contribution is 0.0601. The molecule has 3 N–H and O–H groups in total. The quantitative estimate of drug-likeness (QED) is 0.652. The zero-order valence-electron chi connectivity index (χ0n) is 12.1. The molecule has 0 aliphatic rings. The van der Waals surface area contributed by atoms with Crippen molar-refractivity contribution in [2.45, 2.75) is 6.92 Å². The maximum Gasteiger partial charge on any atom is 0.337 e. The summed E-state index contributed by atoms with van der Waals surface area (Å²) in [6, 6.07) is 12.5. The van der Waals surface area contributed by atoms with E-state index in [1.807, 2.05) is 31.2 Å². The molecule has 5 nitrogen and oxygen atoms in total. The number of nitrogen functional groups attached to an aromatic ring is 1. The monoisotopic (exact) mass is 286 g/mol. The highest BCUT2D eigenvalue weighted by Crippen LogP contribution is 2.30. The predicted octanol–water partition coefficient (Wildman–Crippen LogP) is 3.20. The van der Waals surface area contributed by atoms with Crippen molar-refractivity contribution in [3.05, 3.63) is 48.0 Å². The van der Waals surface area contributed by atoms with Crippen LogP contribution in [0.25, 0.3) is 0 Å². The molecule has 2 aromatic carbocycles. The van der Waals surface area contributed by atoms with Gasteiger partial charge in [-0.05, 0) is 37.3 Å². The summed E-state index contributed by atoms with van der Waals surface area (Å²) in [5, 5.41) is 3.19. The van der Waals surface area contributed by atoms with E-state index in [-0.39, 0.29) is 0 Å². The number of esters is 1. The van der Waals surface area contributed by atoms with Crippen LogP contribution in [0.5, 0.6) is 5.75 Å². The van der Waals surface area contributed by atoms with E-state index >= 15 is 0 Å². The molecule has 5 heteroatoms. The van der Waals surface area contributed by atoms with Gasteiger partial charge in [-0.25, -0.2) is 4.79 Å². The summed E-state index contributed by atoms with van der Waals surface area (Å²) in [5.41, 5.74) is 8.33. The van der Waals surface area contributed by atoms with Gasteiger partial charge >= 0.3 is 5.97 Å². The Morgan fingerprint density at radius 3 is 2.67 bits per heavy atom. The highest BCUT2D eigenvalue weighted by molar-refractivity contribution is 5.92. The molecule has 0 fully saturated rings. The second-order valence-corrected chi connectivity index (χ2v) is 4.35. The minimum atomic E-state index is -0.406. The fourth-order valence-corrected chi connectivity index (χ4v) is 1.91. The van der Waals surface area contributed by atoms with Crippen LogP contribution >= 0.6 is 0 Å². The largest absolute Gasteiger partial charge is 0.492 e. The number of para-hydroxylation sites is 2. The van der Waals surface area contributed by atoms with E-state index in [1.54, 1.807) is 18.2 Å². The van der Waals surface area contributed by atoms with Crippen LogP contribution in [0.3, 0.4) is 0 Å². The number of rotatable bonds is 5. The lowest BCUT2D eigenvalue weighted by Gasteiger charge is -2.14. The van der Waals surface area contributed by atoms with Crippen molar-refractivity contribution in [3.8, 4) is 5.75 Å². The summed E-state index contributed by atoms with van der Waals surface area (Å²) in [6.45, 7) is 2.49. The molecule has 110 valence electrons. The summed E-state index contributed by atoms with van der Waals surface area (Å²) in [6.07, 6.45) is 0. The normalized spacial score (nSPS) is 10.0. The molecular formula is C16H18N2O3. The van der Waals surface area contributed by atoms with Gasteiger partial charge in [0, 0.05) is 0 Å². The molecule has 0 amide bonds. The topological polar surface area (TPSA) is 73.6 Å². The number of benzene rings is 2. The van der Waals surface area contributed by atoms with Crippen molar-refractivity contribution in [3.63, 3.8) is 0 Å². The molecular weight excluding hydrogens is 268 g/mol. The minimum absolute atomic E-state index is 0.406. The van der Waals surface area contributed by atoms with Crippen molar-refractivity contribution in [2.24, 2.45) is 0 Å². The first-order chi connectivity index (χ1) is 10.2. The smallest absolute Gasteiger partial charge is 0.337 e. The van der Waals surface area contributed by atoms with Crippen LogP contribution in [0, 0.1) is 0 Å². The van der Waals surface area contributed by atoms with Crippen LogP contribution < -0.4 is 15.8 Å². The van der Waals surface area contributed by atoms with Gasteiger partial charge in [-0.2, -0.15) is 0 Å². The van der Waals surface area contributed by atoms with Gasteiger partial charge in [-0.3, -0.25) is 0 Å². The van der Waals surface area contributed by atoms with Crippen molar-refractivity contribution in [1.82, 2.24) is 0 Å². The molecule has 2 rings (SSSR count). The van der Waals surface area contributed by atoms with E-state index < -0.39 is 5.97 Å². The number of hydrogen-bond donors (Lipinski definition) is 2. The maximum absolute atomic E-state index is 11.6. The Morgan fingerprint density at radius 2 is 1.95 bits per heavy atom. The fourth-order valence-electron chi connectivity index (χ4n) is 1.91. The molecule has 0 aliphatic carbocycles. The van der Waals surface area contributed by atoms with Gasteiger partial charge in [-0.15, -0.1) is 0 Å². The number of nitrogens with one attached hydrogen (secondary N) is 1. The van der Waals surface area contributed by atoms with E-state index in [1.165, 1.54) is 7.11 Å². The van der Waals surface area contributed by atoms with Crippen LogP contribution in [0.2, 0.25) is 0 Å². The van der Waals surface area contributed by atoms with Crippen molar-refractivity contribution in [2.75, 3.05) is 24.8 Å². The second kappa shape index (κ2) is 6.65. The average Bonchev–Trinajstić information content (AvgIpc) is 2.51. The van der Waals surface area contributed by atoms with Gasteiger partial charge in [0.15, 0.2) is 0 Å². The van der Waals surface area contributed by atoms with Gasteiger partial charge in [0.25, 0.3) is 0 Å². The van der Waals surface area contributed by atoms with Gasteiger partial charge < -0.3 is 20.5 Å². The fraction of sp³-hybridized carbons (Fsp3) is 0.188. The standard InChI is InChI=1S/C16H18N2O3/c1-3-21-15-7-5-4-6-13(15)18-14-10-11(16(19)20-2)8-9-12(14)17/h4-10,18H,3,17H2,1-2H3. The van der Waals surface area contributed by atoms with Gasteiger partial charge in [0.2, 0.25) is 0 Å². The molecule has 0 spiro atoms. The van der Waals surface area contributed by atoms with Crippen LogP contribution in [0.1, 0.15) is 17.3 Å². The predicted molar refractivity (Wildman–Crippen MR) is 83.1 cm³/mol. The third-order valence-corrected chi connectivity index (χ3v) is 2.93. The molecule has 2 aromatic rings. The number of ether oxygens (including phenoxy) is 2. The number of methoxy groups -OCH3 is 1. The average molecular weight is 286 g/mol. The Morgan fingerprint density at radius 1 is 1.19 bits per heavy atom.